The Bertz CT molecular complexity index is 194. The van der Waals surface area contributed by atoms with Crippen LogP contribution in [0.4, 0.5) is 0 Å². The molecule has 0 aromatic carbocycles. The summed E-state index contributed by atoms with van der Waals surface area (Å²) in [5.41, 5.74) is 0.454. The second kappa shape index (κ2) is 5.79. The van der Waals surface area contributed by atoms with Crippen LogP contribution in [0.15, 0.2) is 11.6 Å². The largest absolute Gasteiger partial charge is 0.478 e. The van der Waals surface area contributed by atoms with Crippen molar-refractivity contribution in [1.29, 1.82) is 0 Å². The van der Waals surface area contributed by atoms with E-state index in [-0.39, 0.29) is 0 Å². The highest BCUT2D eigenvalue weighted by molar-refractivity contribution is 5.85. The molecular weight excluding hydrogens is 164 g/mol. The van der Waals surface area contributed by atoms with E-state index in [4.69, 9.17) is 5.11 Å². The Kier molecular flexibility index (Phi) is 5.44. The van der Waals surface area contributed by atoms with Crippen molar-refractivity contribution < 1.29 is 9.90 Å². The lowest BCUT2D eigenvalue weighted by Crippen LogP contribution is -2.03. The van der Waals surface area contributed by atoms with Crippen molar-refractivity contribution in [2.45, 2.75) is 40.5 Å². The molecule has 2 atom stereocenters. The summed E-state index contributed by atoms with van der Waals surface area (Å²) in [5.74, 6) is 0.231. The van der Waals surface area contributed by atoms with Gasteiger partial charge in [-0.1, -0.05) is 33.3 Å². The van der Waals surface area contributed by atoms with Gasteiger partial charge in [-0.25, -0.2) is 4.79 Å². The van der Waals surface area contributed by atoms with E-state index in [1.165, 1.54) is 0 Å². The third-order valence-corrected chi connectivity index (χ3v) is 2.34. The number of aliphatic carboxylic acids is 1. The van der Waals surface area contributed by atoms with E-state index in [1.807, 2.05) is 6.08 Å². The average molecular weight is 184 g/mol. The Morgan fingerprint density at radius 3 is 2.38 bits per heavy atom. The Hall–Kier alpha value is -0.790. The molecule has 1 N–H and O–H groups in total. The maximum atomic E-state index is 10.5. The Morgan fingerprint density at radius 2 is 2.00 bits per heavy atom. The number of rotatable bonds is 5. The molecule has 2 nitrogen and oxygen atoms in total. The van der Waals surface area contributed by atoms with Gasteiger partial charge in [0.1, 0.15) is 0 Å². The van der Waals surface area contributed by atoms with Crippen LogP contribution in [-0.2, 0) is 4.79 Å². The minimum atomic E-state index is -0.809. The van der Waals surface area contributed by atoms with Gasteiger partial charge >= 0.3 is 5.97 Å². The molecular formula is C11H20O2. The number of hydrogen-bond acceptors (Lipinski definition) is 1. The van der Waals surface area contributed by atoms with Crippen LogP contribution in [0, 0.1) is 11.8 Å². The standard InChI is InChI=1S/C11H20O2/c1-5-8(2)6-9(3)7-10(4)11(12)13/h7-9H,5-6H2,1-4H3,(H,12,13)/t8-,9-/m0/s1. The average Bonchev–Trinajstić information content (AvgIpc) is 2.03. The predicted molar refractivity (Wildman–Crippen MR) is 54.6 cm³/mol. The molecule has 13 heavy (non-hydrogen) atoms. The van der Waals surface area contributed by atoms with Gasteiger partial charge in [-0.15, -0.1) is 0 Å². The number of carboxylic acid groups (broad SMARTS) is 1. The fraction of sp³-hybridized carbons (Fsp3) is 0.727. The maximum Gasteiger partial charge on any atom is 0.330 e. The molecule has 0 aliphatic heterocycles. The van der Waals surface area contributed by atoms with Crippen molar-refractivity contribution in [2.75, 3.05) is 0 Å². The van der Waals surface area contributed by atoms with Gasteiger partial charge in [0.05, 0.1) is 0 Å². The van der Waals surface area contributed by atoms with E-state index in [9.17, 15) is 4.79 Å². The highest BCUT2D eigenvalue weighted by Crippen LogP contribution is 2.16. The van der Waals surface area contributed by atoms with Gasteiger partial charge in [0.15, 0.2) is 0 Å². The van der Waals surface area contributed by atoms with Crippen LogP contribution in [0.1, 0.15) is 40.5 Å². The topological polar surface area (TPSA) is 37.3 Å². The number of hydrogen-bond donors (Lipinski definition) is 1. The van der Waals surface area contributed by atoms with Crippen LogP contribution in [0.2, 0.25) is 0 Å². The minimum Gasteiger partial charge on any atom is -0.478 e. The van der Waals surface area contributed by atoms with E-state index in [0.29, 0.717) is 17.4 Å². The summed E-state index contributed by atoms with van der Waals surface area (Å²) >= 11 is 0. The smallest absolute Gasteiger partial charge is 0.330 e. The fourth-order valence-corrected chi connectivity index (χ4v) is 1.37. The van der Waals surface area contributed by atoms with Crippen LogP contribution in [0.25, 0.3) is 0 Å². The zero-order chi connectivity index (χ0) is 10.4. The van der Waals surface area contributed by atoms with E-state index in [1.54, 1.807) is 6.92 Å². The third kappa shape index (κ3) is 5.45. The van der Waals surface area contributed by atoms with E-state index < -0.39 is 5.97 Å². The van der Waals surface area contributed by atoms with Gasteiger partial charge in [-0.2, -0.15) is 0 Å². The third-order valence-electron chi connectivity index (χ3n) is 2.34. The molecule has 0 aliphatic rings. The van der Waals surface area contributed by atoms with Crippen LogP contribution < -0.4 is 0 Å². The molecule has 0 aromatic heterocycles. The van der Waals surface area contributed by atoms with Crippen molar-refractivity contribution in [1.82, 2.24) is 0 Å². The number of allylic oxidation sites excluding steroid dienone is 1. The molecule has 0 heterocycles. The lowest BCUT2D eigenvalue weighted by molar-refractivity contribution is -0.132. The molecule has 0 aliphatic carbocycles. The molecule has 0 radical (unpaired) electrons. The first-order valence-electron chi connectivity index (χ1n) is 4.89. The van der Waals surface area contributed by atoms with Crippen LogP contribution >= 0.6 is 0 Å². The van der Waals surface area contributed by atoms with Crippen molar-refractivity contribution in [3.05, 3.63) is 11.6 Å². The first-order valence-corrected chi connectivity index (χ1v) is 4.89. The summed E-state index contributed by atoms with van der Waals surface area (Å²) in [6.45, 7) is 8.07. The highest BCUT2D eigenvalue weighted by atomic mass is 16.4. The lowest BCUT2D eigenvalue weighted by atomic mass is 9.94. The van der Waals surface area contributed by atoms with Gasteiger partial charge in [0.2, 0.25) is 0 Å². The van der Waals surface area contributed by atoms with E-state index in [2.05, 4.69) is 20.8 Å². The van der Waals surface area contributed by atoms with Crippen molar-refractivity contribution in [3.63, 3.8) is 0 Å². The summed E-state index contributed by atoms with van der Waals surface area (Å²) in [7, 11) is 0. The molecule has 0 unspecified atom stereocenters. The second-order valence-electron chi connectivity index (χ2n) is 3.88. The summed E-state index contributed by atoms with van der Waals surface area (Å²) < 4.78 is 0. The van der Waals surface area contributed by atoms with Crippen LogP contribution in [0.5, 0.6) is 0 Å². The highest BCUT2D eigenvalue weighted by Gasteiger charge is 2.07. The van der Waals surface area contributed by atoms with E-state index >= 15 is 0 Å². The van der Waals surface area contributed by atoms with Crippen molar-refractivity contribution >= 4 is 5.97 Å². The monoisotopic (exact) mass is 184 g/mol. The molecule has 0 aromatic rings. The quantitative estimate of drug-likeness (QED) is 0.667. The van der Waals surface area contributed by atoms with Gasteiger partial charge in [0, 0.05) is 5.57 Å². The maximum absolute atomic E-state index is 10.5. The Labute approximate surface area is 80.7 Å². The summed E-state index contributed by atoms with van der Waals surface area (Å²) in [6, 6.07) is 0. The van der Waals surface area contributed by atoms with Crippen LogP contribution in [-0.4, -0.2) is 11.1 Å². The molecule has 0 rings (SSSR count). The molecule has 2 heteroatoms. The predicted octanol–water partition coefficient (Wildman–Crippen LogP) is 3.09. The first-order chi connectivity index (χ1) is 5.97. The first kappa shape index (κ1) is 12.2. The molecule has 0 spiro atoms. The van der Waals surface area contributed by atoms with Crippen molar-refractivity contribution in [2.24, 2.45) is 11.8 Å². The SMILES string of the molecule is CC[C@H](C)C[C@H](C)C=C(C)C(=O)O. The Morgan fingerprint density at radius 1 is 1.46 bits per heavy atom. The summed E-state index contributed by atoms with van der Waals surface area (Å²) in [4.78, 5) is 10.5. The lowest BCUT2D eigenvalue weighted by Gasteiger charge is -2.12. The van der Waals surface area contributed by atoms with Gasteiger partial charge < -0.3 is 5.11 Å². The molecule has 0 saturated carbocycles. The Balaban J connectivity index is 4.06. The minimum absolute atomic E-state index is 0.367. The fourth-order valence-electron chi connectivity index (χ4n) is 1.37. The van der Waals surface area contributed by atoms with Gasteiger partial charge in [-0.05, 0) is 25.2 Å². The van der Waals surface area contributed by atoms with Gasteiger partial charge in [-0.3, -0.25) is 0 Å². The second-order valence-corrected chi connectivity index (χ2v) is 3.88. The van der Waals surface area contributed by atoms with Crippen LogP contribution in [0.3, 0.4) is 0 Å². The number of carboxylic acids is 1. The van der Waals surface area contributed by atoms with Crippen molar-refractivity contribution in [3.8, 4) is 0 Å². The molecule has 76 valence electrons. The zero-order valence-corrected chi connectivity index (χ0v) is 9.00. The molecule has 0 fully saturated rings. The summed E-state index contributed by atoms with van der Waals surface area (Å²) in [6.07, 6.45) is 4.07. The normalized spacial score (nSPS) is 16.8. The summed E-state index contributed by atoms with van der Waals surface area (Å²) in [5, 5.41) is 8.65. The molecule has 0 amide bonds. The van der Waals surface area contributed by atoms with Gasteiger partial charge in [0.25, 0.3) is 0 Å². The zero-order valence-electron chi connectivity index (χ0n) is 9.00. The van der Waals surface area contributed by atoms with E-state index in [0.717, 1.165) is 12.8 Å². The molecule has 0 saturated heterocycles. The molecule has 0 bridgehead atoms. The number of carbonyl (C=O) groups is 1.